The number of fused-ring (bicyclic) bond motifs is 2. The molecule has 1 aromatic carbocycles. The van der Waals surface area contributed by atoms with Crippen molar-refractivity contribution >= 4 is 16.9 Å². The van der Waals surface area contributed by atoms with Gasteiger partial charge in [-0.25, -0.2) is 15.0 Å². The maximum atomic E-state index is 4.63. The highest BCUT2D eigenvalue weighted by Gasteiger charge is 2.16. The van der Waals surface area contributed by atoms with Crippen molar-refractivity contribution in [1.29, 1.82) is 0 Å². The van der Waals surface area contributed by atoms with Crippen LogP contribution < -0.4 is 5.32 Å². The highest BCUT2D eigenvalue weighted by molar-refractivity contribution is 5.75. The second kappa shape index (κ2) is 5.65. The molecular weight excluding hydrogens is 286 g/mol. The van der Waals surface area contributed by atoms with Gasteiger partial charge >= 0.3 is 0 Å². The molecule has 2 aromatic heterocycles. The number of H-pyrrole nitrogens is 1. The SMILES string of the molecule is Cc1nc2c(c(NCc3ccc4nc(C)[nH]c4c3)n1)CCCC2. The topological polar surface area (TPSA) is 66.5 Å². The molecule has 0 amide bonds. The highest BCUT2D eigenvalue weighted by Crippen LogP contribution is 2.26. The summed E-state index contributed by atoms with van der Waals surface area (Å²) in [4.78, 5) is 17.0. The molecule has 3 aromatic rings. The molecule has 0 fully saturated rings. The Bertz CT molecular complexity index is 865. The fraction of sp³-hybridized carbons (Fsp3) is 0.389. The second-order valence-corrected chi connectivity index (χ2v) is 6.28. The summed E-state index contributed by atoms with van der Waals surface area (Å²) in [5, 5.41) is 3.52. The maximum absolute atomic E-state index is 4.63. The Balaban J connectivity index is 1.59. The van der Waals surface area contributed by atoms with Crippen LogP contribution in [0.4, 0.5) is 5.82 Å². The summed E-state index contributed by atoms with van der Waals surface area (Å²) in [5.41, 5.74) is 5.86. The summed E-state index contributed by atoms with van der Waals surface area (Å²) in [7, 11) is 0. The molecule has 5 nitrogen and oxygen atoms in total. The van der Waals surface area contributed by atoms with Crippen LogP contribution in [0.1, 0.15) is 41.3 Å². The van der Waals surface area contributed by atoms with Gasteiger partial charge in [0.25, 0.3) is 0 Å². The maximum Gasteiger partial charge on any atom is 0.133 e. The van der Waals surface area contributed by atoms with E-state index in [4.69, 9.17) is 0 Å². The van der Waals surface area contributed by atoms with Crippen LogP contribution in [0, 0.1) is 13.8 Å². The number of rotatable bonds is 3. The van der Waals surface area contributed by atoms with Crippen molar-refractivity contribution < 1.29 is 0 Å². The first-order valence-electron chi connectivity index (χ1n) is 8.24. The van der Waals surface area contributed by atoms with Gasteiger partial charge < -0.3 is 10.3 Å². The normalized spacial score (nSPS) is 14.0. The molecule has 0 spiro atoms. The number of nitrogens with one attached hydrogen (secondary N) is 2. The van der Waals surface area contributed by atoms with Gasteiger partial charge in [-0.15, -0.1) is 0 Å². The van der Waals surface area contributed by atoms with E-state index in [9.17, 15) is 0 Å². The number of hydrogen-bond acceptors (Lipinski definition) is 4. The van der Waals surface area contributed by atoms with Gasteiger partial charge in [0.05, 0.1) is 11.0 Å². The van der Waals surface area contributed by atoms with Crippen molar-refractivity contribution in [2.24, 2.45) is 0 Å². The van der Waals surface area contributed by atoms with E-state index in [-0.39, 0.29) is 0 Å². The molecule has 2 N–H and O–H groups in total. The van der Waals surface area contributed by atoms with Crippen LogP contribution in [0.2, 0.25) is 0 Å². The Hall–Kier alpha value is -2.43. The lowest BCUT2D eigenvalue weighted by Gasteiger charge is -2.19. The van der Waals surface area contributed by atoms with Crippen LogP contribution in [0.3, 0.4) is 0 Å². The third-order valence-electron chi connectivity index (χ3n) is 4.42. The number of nitrogens with zero attached hydrogens (tertiary/aromatic N) is 3. The average Bonchev–Trinajstić information content (AvgIpc) is 2.91. The standard InChI is InChI=1S/C18H21N5/c1-11-21-16-8-7-13(9-17(16)22-11)10-19-18-14-5-3-4-6-15(14)20-12(2)23-18/h7-9H,3-6,10H2,1-2H3,(H,21,22)(H,19,20,23). The number of imidazole rings is 1. The predicted octanol–water partition coefficient (Wildman–Crippen LogP) is 3.46. The largest absolute Gasteiger partial charge is 0.366 e. The minimum Gasteiger partial charge on any atom is -0.366 e. The van der Waals surface area contributed by atoms with Gasteiger partial charge in [-0.05, 0) is 57.2 Å². The van der Waals surface area contributed by atoms with Crippen LogP contribution >= 0.6 is 0 Å². The molecule has 0 bridgehead atoms. The number of benzene rings is 1. The first-order valence-corrected chi connectivity index (χ1v) is 8.24. The lowest BCUT2D eigenvalue weighted by Crippen LogP contribution is -2.13. The lowest BCUT2D eigenvalue weighted by molar-refractivity contribution is 0.659. The first-order chi connectivity index (χ1) is 11.2. The number of anilines is 1. The third-order valence-corrected chi connectivity index (χ3v) is 4.42. The Labute approximate surface area is 135 Å². The molecule has 4 rings (SSSR count). The van der Waals surface area contributed by atoms with E-state index in [1.807, 2.05) is 13.8 Å². The Morgan fingerprint density at radius 1 is 1.09 bits per heavy atom. The summed E-state index contributed by atoms with van der Waals surface area (Å²) in [6, 6.07) is 6.34. The van der Waals surface area contributed by atoms with E-state index in [0.717, 1.165) is 47.9 Å². The van der Waals surface area contributed by atoms with Crippen molar-refractivity contribution in [3.05, 3.63) is 46.7 Å². The second-order valence-electron chi connectivity index (χ2n) is 6.28. The number of aryl methyl sites for hydroxylation is 3. The summed E-state index contributed by atoms with van der Waals surface area (Å²) in [6.07, 6.45) is 4.62. The fourth-order valence-corrected chi connectivity index (χ4v) is 3.34. The van der Waals surface area contributed by atoms with Gasteiger partial charge in [0.2, 0.25) is 0 Å². The van der Waals surface area contributed by atoms with E-state index < -0.39 is 0 Å². The average molecular weight is 307 g/mol. The Morgan fingerprint density at radius 3 is 2.87 bits per heavy atom. The molecule has 23 heavy (non-hydrogen) atoms. The molecule has 0 aliphatic heterocycles. The predicted molar refractivity (Wildman–Crippen MR) is 91.6 cm³/mol. The third kappa shape index (κ3) is 2.79. The Kier molecular flexibility index (Phi) is 3.48. The minimum atomic E-state index is 0.761. The fourth-order valence-electron chi connectivity index (χ4n) is 3.34. The molecule has 2 heterocycles. The Morgan fingerprint density at radius 2 is 1.96 bits per heavy atom. The van der Waals surface area contributed by atoms with Gasteiger partial charge in [-0.3, -0.25) is 0 Å². The smallest absolute Gasteiger partial charge is 0.133 e. The summed E-state index contributed by atoms with van der Waals surface area (Å²) < 4.78 is 0. The van der Waals surface area contributed by atoms with E-state index in [1.165, 1.54) is 29.7 Å². The quantitative estimate of drug-likeness (QED) is 0.777. The highest BCUT2D eigenvalue weighted by atomic mass is 15.0. The molecule has 5 heteroatoms. The molecule has 0 unspecified atom stereocenters. The van der Waals surface area contributed by atoms with E-state index in [0.29, 0.717) is 0 Å². The van der Waals surface area contributed by atoms with Gasteiger partial charge in [0.1, 0.15) is 17.5 Å². The molecular formula is C18H21N5. The molecule has 0 saturated carbocycles. The molecule has 0 radical (unpaired) electrons. The van der Waals surface area contributed by atoms with Gasteiger partial charge in [0, 0.05) is 17.8 Å². The number of aromatic amines is 1. The molecule has 1 aliphatic rings. The number of aromatic nitrogens is 4. The van der Waals surface area contributed by atoms with Crippen LogP contribution in [-0.4, -0.2) is 19.9 Å². The lowest BCUT2D eigenvalue weighted by atomic mass is 9.96. The van der Waals surface area contributed by atoms with Crippen molar-refractivity contribution in [1.82, 2.24) is 19.9 Å². The summed E-state index contributed by atoms with van der Waals surface area (Å²) in [6.45, 7) is 4.71. The van der Waals surface area contributed by atoms with Crippen LogP contribution in [0.5, 0.6) is 0 Å². The van der Waals surface area contributed by atoms with E-state index in [2.05, 4.69) is 43.5 Å². The molecule has 118 valence electrons. The van der Waals surface area contributed by atoms with Crippen LogP contribution in [-0.2, 0) is 19.4 Å². The van der Waals surface area contributed by atoms with Crippen molar-refractivity contribution in [3.8, 4) is 0 Å². The minimum absolute atomic E-state index is 0.761. The monoisotopic (exact) mass is 307 g/mol. The summed E-state index contributed by atoms with van der Waals surface area (Å²) in [5.74, 6) is 2.81. The van der Waals surface area contributed by atoms with Gasteiger partial charge in [0.15, 0.2) is 0 Å². The van der Waals surface area contributed by atoms with E-state index in [1.54, 1.807) is 0 Å². The molecule has 0 saturated heterocycles. The zero-order chi connectivity index (χ0) is 15.8. The molecule has 0 atom stereocenters. The number of hydrogen-bond donors (Lipinski definition) is 2. The van der Waals surface area contributed by atoms with Crippen molar-refractivity contribution in [3.63, 3.8) is 0 Å². The van der Waals surface area contributed by atoms with Crippen molar-refractivity contribution in [2.75, 3.05) is 5.32 Å². The van der Waals surface area contributed by atoms with Gasteiger partial charge in [-0.2, -0.15) is 0 Å². The van der Waals surface area contributed by atoms with Crippen LogP contribution in [0.15, 0.2) is 18.2 Å². The van der Waals surface area contributed by atoms with Gasteiger partial charge in [-0.1, -0.05) is 6.07 Å². The summed E-state index contributed by atoms with van der Waals surface area (Å²) >= 11 is 0. The zero-order valence-electron chi connectivity index (χ0n) is 13.6. The molecule has 1 aliphatic carbocycles. The van der Waals surface area contributed by atoms with Crippen molar-refractivity contribution in [2.45, 2.75) is 46.1 Å². The van der Waals surface area contributed by atoms with E-state index >= 15 is 0 Å². The van der Waals surface area contributed by atoms with Crippen LogP contribution in [0.25, 0.3) is 11.0 Å². The zero-order valence-corrected chi connectivity index (χ0v) is 13.6. The first kappa shape index (κ1) is 14.2.